The molecule has 1 aromatic carbocycles. The zero-order valence-electron chi connectivity index (χ0n) is 10.6. The van der Waals surface area contributed by atoms with Gasteiger partial charge in [-0.25, -0.2) is 4.79 Å². The lowest BCUT2D eigenvalue weighted by atomic mass is 10.2. The molecule has 0 amide bonds. The van der Waals surface area contributed by atoms with Crippen molar-refractivity contribution in [3.63, 3.8) is 0 Å². The Morgan fingerprint density at radius 1 is 1.40 bits per heavy atom. The predicted molar refractivity (Wildman–Crippen MR) is 69.5 cm³/mol. The number of aromatic nitrogens is 2. The molecule has 1 saturated heterocycles. The van der Waals surface area contributed by atoms with Crippen molar-refractivity contribution in [3.05, 3.63) is 38.8 Å². The number of nitro benzene ring substituents is 1. The van der Waals surface area contributed by atoms with Gasteiger partial charge in [-0.3, -0.25) is 14.7 Å². The SMILES string of the molecule is O=c1[nH]c2cc([N+](=O)[O-])ccc2n1CCC1OCCO1. The summed E-state index contributed by atoms with van der Waals surface area (Å²) >= 11 is 0. The van der Waals surface area contributed by atoms with Gasteiger partial charge in [0.15, 0.2) is 6.29 Å². The molecule has 0 bridgehead atoms. The van der Waals surface area contributed by atoms with Gasteiger partial charge in [0, 0.05) is 25.1 Å². The molecule has 2 heterocycles. The highest BCUT2D eigenvalue weighted by Crippen LogP contribution is 2.19. The van der Waals surface area contributed by atoms with Crippen LogP contribution in [0.5, 0.6) is 0 Å². The monoisotopic (exact) mass is 279 g/mol. The third kappa shape index (κ3) is 2.30. The highest BCUT2D eigenvalue weighted by Gasteiger charge is 2.17. The Balaban J connectivity index is 1.88. The van der Waals surface area contributed by atoms with Crippen LogP contribution in [0.25, 0.3) is 11.0 Å². The lowest BCUT2D eigenvalue weighted by Crippen LogP contribution is -2.20. The normalized spacial score (nSPS) is 16.0. The Labute approximate surface area is 113 Å². The van der Waals surface area contributed by atoms with Crippen molar-refractivity contribution < 1.29 is 14.4 Å². The van der Waals surface area contributed by atoms with Crippen molar-refractivity contribution in [1.82, 2.24) is 9.55 Å². The van der Waals surface area contributed by atoms with Crippen molar-refractivity contribution in [3.8, 4) is 0 Å². The molecule has 1 aliphatic rings. The summed E-state index contributed by atoms with van der Waals surface area (Å²) in [4.78, 5) is 24.7. The van der Waals surface area contributed by atoms with E-state index in [9.17, 15) is 14.9 Å². The molecule has 8 heteroatoms. The number of fused-ring (bicyclic) bond motifs is 1. The van der Waals surface area contributed by atoms with E-state index in [1.807, 2.05) is 0 Å². The van der Waals surface area contributed by atoms with Gasteiger partial charge in [-0.15, -0.1) is 0 Å². The van der Waals surface area contributed by atoms with Crippen molar-refractivity contribution in [1.29, 1.82) is 0 Å². The van der Waals surface area contributed by atoms with Crippen LogP contribution < -0.4 is 5.69 Å². The summed E-state index contributed by atoms with van der Waals surface area (Å²) in [6.45, 7) is 1.57. The highest BCUT2D eigenvalue weighted by atomic mass is 16.7. The number of rotatable bonds is 4. The summed E-state index contributed by atoms with van der Waals surface area (Å²) in [5, 5.41) is 10.7. The van der Waals surface area contributed by atoms with E-state index in [1.54, 1.807) is 6.07 Å². The van der Waals surface area contributed by atoms with Crippen LogP contribution in [0.3, 0.4) is 0 Å². The molecule has 1 N–H and O–H groups in total. The first-order valence-electron chi connectivity index (χ1n) is 6.25. The number of hydrogen-bond donors (Lipinski definition) is 1. The van der Waals surface area contributed by atoms with Crippen LogP contribution in [0, 0.1) is 10.1 Å². The van der Waals surface area contributed by atoms with Crippen LogP contribution in [0.4, 0.5) is 5.69 Å². The number of imidazole rings is 1. The smallest absolute Gasteiger partial charge is 0.326 e. The van der Waals surface area contributed by atoms with Gasteiger partial charge in [0.2, 0.25) is 0 Å². The van der Waals surface area contributed by atoms with E-state index >= 15 is 0 Å². The Morgan fingerprint density at radius 3 is 2.85 bits per heavy atom. The number of aryl methyl sites for hydroxylation is 1. The third-order valence-electron chi connectivity index (χ3n) is 3.25. The first-order chi connectivity index (χ1) is 9.65. The first kappa shape index (κ1) is 12.8. The number of nitro groups is 1. The number of ether oxygens (including phenoxy) is 2. The molecule has 8 nitrogen and oxygen atoms in total. The molecule has 0 aliphatic carbocycles. The summed E-state index contributed by atoms with van der Waals surface area (Å²) in [5.41, 5.74) is 0.753. The van der Waals surface area contributed by atoms with Gasteiger partial charge >= 0.3 is 5.69 Å². The molecule has 0 radical (unpaired) electrons. The van der Waals surface area contributed by atoms with Gasteiger partial charge in [-0.05, 0) is 6.07 Å². The molecule has 106 valence electrons. The molecule has 0 unspecified atom stereocenters. The van der Waals surface area contributed by atoms with E-state index in [1.165, 1.54) is 16.7 Å². The van der Waals surface area contributed by atoms with Crippen LogP contribution in [0.15, 0.2) is 23.0 Å². The predicted octanol–water partition coefficient (Wildman–Crippen LogP) is 1.00. The van der Waals surface area contributed by atoms with E-state index in [2.05, 4.69) is 4.98 Å². The van der Waals surface area contributed by atoms with Gasteiger partial charge in [0.25, 0.3) is 5.69 Å². The van der Waals surface area contributed by atoms with E-state index < -0.39 is 4.92 Å². The fourth-order valence-electron chi connectivity index (χ4n) is 2.30. The number of benzene rings is 1. The molecule has 1 aliphatic heterocycles. The van der Waals surface area contributed by atoms with Crippen LogP contribution in [0.2, 0.25) is 0 Å². The Morgan fingerprint density at radius 2 is 2.15 bits per heavy atom. The lowest BCUT2D eigenvalue weighted by Gasteiger charge is -2.09. The van der Waals surface area contributed by atoms with Gasteiger partial charge in [0.05, 0.1) is 29.2 Å². The van der Waals surface area contributed by atoms with Crippen molar-refractivity contribution in [2.75, 3.05) is 13.2 Å². The second-order valence-corrected chi connectivity index (χ2v) is 4.50. The Hall–Kier alpha value is -2.19. The second kappa shape index (κ2) is 5.06. The minimum absolute atomic E-state index is 0.0478. The Bertz CT molecular complexity index is 699. The summed E-state index contributed by atoms with van der Waals surface area (Å²) in [6, 6.07) is 4.31. The number of nitrogens with one attached hydrogen (secondary N) is 1. The van der Waals surface area contributed by atoms with Gasteiger partial charge in [-0.2, -0.15) is 0 Å². The topological polar surface area (TPSA) is 99.4 Å². The average molecular weight is 279 g/mol. The average Bonchev–Trinajstić information content (AvgIpc) is 3.02. The minimum atomic E-state index is -0.491. The molecule has 0 spiro atoms. The largest absolute Gasteiger partial charge is 0.350 e. The standard InChI is InChI=1S/C12H13N3O5/c16-12-13-9-7-8(15(17)18)1-2-10(9)14(12)4-3-11-19-5-6-20-11/h1-2,7,11H,3-6H2,(H,13,16). The Kier molecular flexibility index (Phi) is 3.25. The molecule has 2 aromatic rings. The number of nitrogens with zero attached hydrogens (tertiary/aromatic N) is 2. The van der Waals surface area contributed by atoms with Crippen molar-refractivity contribution in [2.45, 2.75) is 19.3 Å². The third-order valence-corrected chi connectivity index (χ3v) is 3.25. The van der Waals surface area contributed by atoms with Crippen LogP contribution in [-0.4, -0.2) is 34.0 Å². The molecule has 20 heavy (non-hydrogen) atoms. The van der Waals surface area contributed by atoms with Crippen LogP contribution in [0.1, 0.15) is 6.42 Å². The van der Waals surface area contributed by atoms with Crippen molar-refractivity contribution in [2.24, 2.45) is 0 Å². The number of hydrogen-bond acceptors (Lipinski definition) is 5. The van der Waals surface area contributed by atoms with Crippen molar-refractivity contribution >= 4 is 16.7 Å². The van der Waals surface area contributed by atoms with Crippen LogP contribution >= 0.6 is 0 Å². The second-order valence-electron chi connectivity index (χ2n) is 4.50. The van der Waals surface area contributed by atoms with E-state index in [4.69, 9.17) is 9.47 Å². The van der Waals surface area contributed by atoms with Crippen LogP contribution in [-0.2, 0) is 16.0 Å². The number of non-ortho nitro benzene ring substituents is 1. The highest BCUT2D eigenvalue weighted by molar-refractivity contribution is 5.77. The van der Waals surface area contributed by atoms with E-state index in [0.29, 0.717) is 37.2 Å². The molecule has 0 saturated carbocycles. The lowest BCUT2D eigenvalue weighted by molar-refractivity contribution is -0.384. The number of aromatic amines is 1. The number of H-pyrrole nitrogens is 1. The van der Waals surface area contributed by atoms with E-state index in [-0.39, 0.29) is 17.7 Å². The fraction of sp³-hybridized carbons (Fsp3) is 0.417. The maximum Gasteiger partial charge on any atom is 0.326 e. The summed E-state index contributed by atoms with van der Waals surface area (Å²) in [5.74, 6) is 0. The minimum Gasteiger partial charge on any atom is -0.350 e. The fourth-order valence-corrected chi connectivity index (χ4v) is 2.30. The van der Waals surface area contributed by atoms with E-state index in [0.717, 1.165) is 0 Å². The summed E-state index contributed by atoms with van der Waals surface area (Å²) in [6.07, 6.45) is 0.272. The summed E-state index contributed by atoms with van der Waals surface area (Å²) in [7, 11) is 0. The van der Waals surface area contributed by atoms with Gasteiger partial charge < -0.3 is 14.5 Å². The molecular formula is C12H13N3O5. The maximum absolute atomic E-state index is 11.9. The first-order valence-corrected chi connectivity index (χ1v) is 6.25. The molecular weight excluding hydrogens is 266 g/mol. The summed E-state index contributed by atoms with van der Waals surface area (Å²) < 4.78 is 12.2. The molecule has 1 aromatic heterocycles. The maximum atomic E-state index is 11.9. The molecule has 3 rings (SSSR count). The zero-order chi connectivity index (χ0) is 14.1. The molecule has 1 fully saturated rings. The quantitative estimate of drug-likeness (QED) is 0.664. The van der Waals surface area contributed by atoms with Gasteiger partial charge in [0.1, 0.15) is 0 Å². The van der Waals surface area contributed by atoms with Gasteiger partial charge in [-0.1, -0.05) is 0 Å². The zero-order valence-corrected chi connectivity index (χ0v) is 10.6. The molecule has 0 atom stereocenters.